The Bertz CT molecular complexity index is 465. The highest BCUT2D eigenvalue weighted by atomic mass is 16.6. The third-order valence-corrected chi connectivity index (χ3v) is 2.46. The van der Waals surface area contributed by atoms with E-state index >= 15 is 0 Å². The van der Waals surface area contributed by atoms with Crippen LogP contribution in [0.2, 0.25) is 0 Å². The van der Waals surface area contributed by atoms with Crippen molar-refractivity contribution in [3.05, 3.63) is 0 Å². The first-order valence-electron chi connectivity index (χ1n) is 7.91. The molecule has 0 aliphatic rings. The summed E-state index contributed by atoms with van der Waals surface area (Å²) in [6.07, 6.45) is -0.787. The van der Waals surface area contributed by atoms with Crippen molar-refractivity contribution in [2.45, 2.75) is 79.6 Å². The molecular weight excluding hydrogens is 314 g/mol. The molecule has 0 aromatic heterocycles. The normalized spacial score (nSPS) is 13.9. The second-order valence-corrected chi connectivity index (χ2v) is 8.58. The Hall–Kier alpha value is -1.63. The van der Waals surface area contributed by atoms with Crippen LogP contribution in [0, 0.1) is 5.41 Å². The SMILES string of the molecule is CC(C)(C)OC[C@H](NC(=O)OC(C)(C)C)C(=O)OC(=O)C(C)(C)C. The van der Waals surface area contributed by atoms with Crippen LogP contribution < -0.4 is 5.32 Å². The van der Waals surface area contributed by atoms with Crippen LogP contribution in [-0.4, -0.2) is 41.9 Å². The number of nitrogens with one attached hydrogen (secondary N) is 1. The quantitative estimate of drug-likeness (QED) is 0.622. The molecule has 0 saturated carbocycles. The Labute approximate surface area is 144 Å². The molecule has 1 amide bonds. The van der Waals surface area contributed by atoms with Gasteiger partial charge in [0.05, 0.1) is 17.6 Å². The van der Waals surface area contributed by atoms with Crippen molar-refractivity contribution in [2.24, 2.45) is 5.41 Å². The molecule has 140 valence electrons. The number of esters is 2. The molecule has 0 aromatic rings. The summed E-state index contributed by atoms with van der Waals surface area (Å²) >= 11 is 0. The maximum Gasteiger partial charge on any atom is 0.408 e. The van der Waals surface area contributed by atoms with E-state index in [1.54, 1.807) is 41.5 Å². The molecule has 0 bridgehead atoms. The second-order valence-electron chi connectivity index (χ2n) is 8.58. The zero-order valence-corrected chi connectivity index (χ0v) is 16.2. The minimum atomic E-state index is -1.15. The molecule has 24 heavy (non-hydrogen) atoms. The standard InChI is InChI=1S/C17H31NO6/c1-15(2,3)13(20)23-12(19)11(10-22-16(4,5)6)18-14(21)24-17(7,8)9/h11H,10H2,1-9H3,(H,18,21)/t11-/m0/s1. The van der Waals surface area contributed by atoms with Gasteiger partial charge in [-0.05, 0) is 62.3 Å². The van der Waals surface area contributed by atoms with E-state index in [9.17, 15) is 14.4 Å². The Kier molecular flexibility index (Phi) is 7.42. The lowest BCUT2D eigenvalue weighted by molar-refractivity contribution is -0.168. The molecule has 0 saturated heterocycles. The monoisotopic (exact) mass is 345 g/mol. The number of carbonyl (C=O) groups is 3. The molecule has 0 heterocycles. The van der Waals surface area contributed by atoms with Gasteiger partial charge in [-0.3, -0.25) is 4.79 Å². The van der Waals surface area contributed by atoms with E-state index in [-0.39, 0.29) is 6.61 Å². The Morgan fingerprint density at radius 1 is 0.875 bits per heavy atom. The lowest BCUT2D eigenvalue weighted by Gasteiger charge is -2.26. The van der Waals surface area contributed by atoms with Gasteiger partial charge in [0.25, 0.3) is 0 Å². The first-order valence-corrected chi connectivity index (χ1v) is 7.91. The second kappa shape index (κ2) is 7.96. The van der Waals surface area contributed by atoms with Crippen LogP contribution in [0.15, 0.2) is 0 Å². The van der Waals surface area contributed by atoms with Crippen molar-refractivity contribution >= 4 is 18.0 Å². The lowest BCUT2D eigenvalue weighted by atomic mass is 9.97. The summed E-state index contributed by atoms with van der Waals surface area (Å²) in [6, 6.07) is -1.15. The van der Waals surface area contributed by atoms with Crippen molar-refractivity contribution in [1.82, 2.24) is 5.32 Å². The molecule has 0 spiro atoms. The van der Waals surface area contributed by atoms with Crippen molar-refractivity contribution in [1.29, 1.82) is 0 Å². The van der Waals surface area contributed by atoms with Gasteiger partial charge in [-0.15, -0.1) is 0 Å². The highest BCUT2D eigenvalue weighted by Gasteiger charge is 2.32. The van der Waals surface area contributed by atoms with E-state index in [0.717, 1.165) is 0 Å². The van der Waals surface area contributed by atoms with Gasteiger partial charge in [0.15, 0.2) is 6.04 Å². The zero-order chi connectivity index (χ0) is 19.3. The predicted molar refractivity (Wildman–Crippen MR) is 89.4 cm³/mol. The Morgan fingerprint density at radius 3 is 1.75 bits per heavy atom. The zero-order valence-electron chi connectivity index (χ0n) is 16.2. The van der Waals surface area contributed by atoms with Gasteiger partial charge >= 0.3 is 18.0 Å². The maximum atomic E-state index is 12.2. The number of amides is 1. The minimum Gasteiger partial charge on any atom is -0.444 e. The van der Waals surface area contributed by atoms with E-state index < -0.39 is 40.7 Å². The topological polar surface area (TPSA) is 90.9 Å². The van der Waals surface area contributed by atoms with Gasteiger partial charge in [-0.1, -0.05) is 0 Å². The van der Waals surface area contributed by atoms with Gasteiger partial charge in [-0.25, -0.2) is 9.59 Å². The summed E-state index contributed by atoms with van der Waals surface area (Å²) in [7, 11) is 0. The average Bonchev–Trinajstić information content (AvgIpc) is 2.29. The fourth-order valence-corrected chi connectivity index (χ4v) is 1.27. The van der Waals surface area contributed by atoms with Gasteiger partial charge in [0.1, 0.15) is 5.60 Å². The van der Waals surface area contributed by atoms with E-state index in [0.29, 0.717) is 0 Å². The predicted octanol–water partition coefficient (Wildman–Crippen LogP) is 2.81. The van der Waals surface area contributed by atoms with Crippen molar-refractivity contribution < 1.29 is 28.6 Å². The van der Waals surface area contributed by atoms with Crippen molar-refractivity contribution in [2.75, 3.05) is 6.61 Å². The summed E-state index contributed by atoms with van der Waals surface area (Å²) in [5.74, 6) is -1.57. The molecular formula is C17H31NO6. The molecule has 0 aliphatic carbocycles. The lowest BCUT2D eigenvalue weighted by Crippen LogP contribution is -2.49. The van der Waals surface area contributed by atoms with Gasteiger partial charge < -0.3 is 19.5 Å². The van der Waals surface area contributed by atoms with Crippen LogP contribution in [0.1, 0.15) is 62.3 Å². The van der Waals surface area contributed by atoms with Gasteiger partial charge in [0, 0.05) is 0 Å². The highest BCUT2D eigenvalue weighted by molar-refractivity contribution is 5.92. The molecule has 0 unspecified atom stereocenters. The van der Waals surface area contributed by atoms with Crippen LogP contribution in [0.5, 0.6) is 0 Å². The Balaban J connectivity index is 5.01. The summed E-state index contributed by atoms with van der Waals surface area (Å²) < 4.78 is 15.5. The third kappa shape index (κ3) is 10.2. The molecule has 0 aromatic carbocycles. The first-order chi connectivity index (χ1) is 10.5. The average molecular weight is 345 g/mol. The first kappa shape index (κ1) is 22.4. The fourth-order valence-electron chi connectivity index (χ4n) is 1.27. The third-order valence-electron chi connectivity index (χ3n) is 2.46. The van der Waals surface area contributed by atoms with Crippen LogP contribution in [0.25, 0.3) is 0 Å². The minimum absolute atomic E-state index is 0.140. The van der Waals surface area contributed by atoms with E-state index in [4.69, 9.17) is 14.2 Å². The van der Waals surface area contributed by atoms with Crippen LogP contribution in [-0.2, 0) is 23.8 Å². The molecule has 7 heteroatoms. The summed E-state index contributed by atoms with van der Waals surface area (Å²) in [5.41, 5.74) is -2.08. The van der Waals surface area contributed by atoms with Gasteiger partial charge in [0.2, 0.25) is 0 Å². The van der Waals surface area contributed by atoms with E-state index in [1.165, 1.54) is 0 Å². The van der Waals surface area contributed by atoms with Crippen molar-refractivity contribution in [3.8, 4) is 0 Å². The molecule has 0 aliphatic heterocycles. The molecule has 0 radical (unpaired) electrons. The smallest absolute Gasteiger partial charge is 0.408 e. The molecule has 1 N–H and O–H groups in total. The Morgan fingerprint density at radius 2 is 1.38 bits per heavy atom. The van der Waals surface area contributed by atoms with E-state index in [2.05, 4.69) is 5.32 Å². The maximum absolute atomic E-state index is 12.2. The number of rotatable bonds is 4. The molecule has 0 fully saturated rings. The largest absolute Gasteiger partial charge is 0.444 e. The number of alkyl carbamates (subject to hydrolysis) is 1. The van der Waals surface area contributed by atoms with Gasteiger partial charge in [-0.2, -0.15) is 0 Å². The fraction of sp³-hybridized carbons (Fsp3) is 0.824. The summed E-state index contributed by atoms with van der Waals surface area (Å²) in [4.78, 5) is 36.0. The van der Waals surface area contributed by atoms with Crippen molar-refractivity contribution in [3.63, 3.8) is 0 Å². The van der Waals surface area contributed by atoms with Crippen LogP contribution >= 0.6 is 0 Å². The summed E-state index contributed by atoms with van der Waals surface area (Å²) in [5, 5.41) is 2.39. The number of carbonyl (C=O) groups excluding carboxylic acids is 3. The molecule has 7 nitrogen and oxygen atoms in total. The van der Waals surface area contributed by atoms with Crippen LogP contribution in [0.3, 0.4) is 0 Å². The molecule has 1 atom stereocenters. The number of ether oxygens (including phenoxy) is 3. The summed E-state index contributed by atoms with van der Waals surface area (Å²) in [6.45, 7) is 15.3. The highest BCUT2D eigenvalue weighted by Crippen LogP contribution is 2.16. The number of hydrogen-bond donors (Lipinski definition) is 1. The van der Waals surface area contributed by atoms with E-state index in [1.807, 2.05) is 20.8 Å². The molecule has 0 rings (SSSR count). The van der Waals surface area contributed by atoms with Crippen LogP contribution in [0.4, 0.5) is 4.79 Å². The number of hydrogen-bond acceptors (Lipinski definition) is 6.